The van der Waals surface area contributed by atoms with Crippen LogP contribution in [0, 0.1) is 6.92 Å². The van der Waals surface area contributed by atoms with Crippen LogP contribution in [0.25, 0.3) is 0 Å². The number of aliphatic hydroxyl groups is 1. The van der Waals surface area contributed by atoms with Crippen LogP contribution in [0.3, 0.4) is 0 Å². The average molecular weight is 284 g/mol. The van der Waals surface area contributed by atoms with Crippen LogP contribution in [0.2, 0.25) is 0 Å². The van der Waals surface area contributed by atoms with Crippen LogP contribution in [0.15, 0.2) is 18.2 Å². The van der Waals surface area contributed by atoms with Gasteiger partial charge >= 0.3 is 0 Å². The minimum atomic E-state index is -3.23. The number of carbonyl (C=O) groups is 1. The summed E-state index contributed by atoms with van der Waals surface area (Å²) in [5, 5.41) is 9.66. The van der Waals surface area contributed by atoms with Gasteiger partial charge in [-0.15, -0.1) is 0 Å². The van der Waals surface area contributed by atoms with Gasteiger partial charge in [-0.3, -0.25) is 4.79 Å². The third-order valence-corrected chi connectivity index (χ3v) is 4.82. The molecule has 0 bridgehead atoms. The highest BCUT2D eigenvalue weighted by atomic mass is 32.2. The van der Waals surface area contributed by atoms with Crippen molar-refractivity contribution in [1.29, 1.82) is 0 Å². The topological polar surface area (TPSA) is 80.7 Å². The number of ketones is 1. The summed E-state index contributed by atoms with van der Waals surface area (Å²) in [5.41, 5.74) is 1.31. The Hall–Kier alpha value is -1.40. The van der Waals surface area contributed by atoms with Crippen molar-refractivity contribution in [3.05, 3.63) is 29.3 Å². The molecule has 0 amide bonds. The van der Waals surface area contributed by atoms with Crippen molar-refractivity contribution in [2.45, 2.75) is 26.1 Å². The molecular formula is C13H16O5S. The predicted molar refractivity (Wildman–Crippen MR) is 70.3 cm³/mol. The molecule has 0 aromatic heterocycles. The molecule has 0 aliphatic carbocycles. The molecule has 2 atom stereocenters. The summed E-state index contributed by atoms with van der Waals surface area (Å²) in [4.78, 5) is 11.2. The number of hydrogen-bond acceptors (Lipinski definition) is 5. The minimum absolute atomic E-state index is 0.0434. The van der Waals surface area contributed by atoms with Crippen LogP contribution >= 0.6 is 0 Å². The Morgan fingerprint density at radius 3 is 2.53 bits per heavy atom. The van der Waals surface area contributed by atoms with Gasteiger partial charge in [-0.05, 0) is 37.6 Å². The van der Waals surface area contributed by atoms with Crippen molar-refractivity contribution in [3.8, 4) is 5.75 Å². The zero-order valence-corrected chi connectivity index (χ0v) is 11.6. The Bertz CT molecular complexity index is 605. The second-order valence-corrected chi connectivity index (χ2v) is 6.99. The number of aryl methyl sites for hydroxylation is 1. The molecule has 1 saturated heterocycles. The Morgan fingerprint density at radius 2 is 2.05 bits per heavy atom. The maximum absolute atomic E-state index is 11.4. The number of carbonyl (C=O) groups excluding carboxylic acids is 1. The maximum atomic E-state index is 11.4. The largest absolute Gasteiger partial charge is 0.486 e. The molecule has 1 aromatic carbocycles. The summed E-state index contributed by atoms with van der Waals surface area (Å²) in [6, 6.07) is 4.94. The van der Waals surface area contributed by atoms with E-state index in [2.05, 4.69) is 0 Å². The van der Waals surface area contributed by atoms with Crippen LogP contribution in [-0.2, 0) is 9.84 Å². The second-order valence-electron chi connectivity index (χ2n) is 4.84. The zero-order valence-electron chi connectivity index (χ0n) is 10.8. The highest BCUT2D eigenvalue weighted by Crippen LogP contribution is 2.24. The minimum Gasteiger partial charge on any atom is -0.486 e. The molecule has 1 N–H and O–H groups in total. The summed E-state index contributed by atoms with van der Waals surface area (Å²) in [6.45, 7) is 3.25. The van der Waals surface area contributed by atoms with Crippen LogP contribution in [0.4, 0.5) is 0 Å². The van der Waals surface area contributed by atoms with E-state index >= 15 is 0 Å². The lowest BCUT2D eigenvalue weighted by Crippen LogP contribution is -2.30. The summed E-state index contributed by atoms with van der Waals surface area (Å²) in [6.07, 6.45) is -1.75. The molecule has 1 aliphatic rings. The molecular weight excluding hydrogens is 268 g/mol. The quantitative estimate of drug-likeness (QED) is 0.828. The average Bonchev–Trinajstić information content (AvgIpc) is 2.54. The van der Waals surface area contributed by atoms with Gasteiger partial charge in [0.05, 0.1) is 11.5 Å². The zero-order chi connectivity index (χ0) is 14.2. The number of ether oxygens (including phenoxy) is 1. The Labute approximate surface area is 112 Å². The van der Waals surface area contributed by atoms with Crippen molar-refractivity contribution < 1.29 is 23.1 Å². The van der Waals surface area contributed by atoms with E-state index in [1.54, 1.807) is 25.1 Å². The summed E-state index contributed by atoms with van der Waals surface area (Å²) < 4.78 is 28.3. The number of benzene rings is 1. The van der Waals surface area contributed by atoms with Crippen LogP contribution in [0.5, 0.6) is 5.75 Å². The lowest BCUT2D eigenvalue weighted by atomic mass is 10.1. The summed E-state index contributed by atoms with van der Waals surface area (Å²) in [5.74, 6) is 0.00824. The molecule has 0 saturated carbocycles. The molecule has 0 spiro atoms. The van der Waals surface area contributed by atoms with Crippen molar-refractivity contribution in [2.75, 3.05) is 11.5 Å². The summed E-state index contributed by atoms with van der Waals surface area (Å²) >= 11 is 0. The Balaban J connectivity index is 2.18. The fourth-order valence-electron chi connectivity index (χ4n) is 2.07. The standard InChI is InChI=1S/C13H16O5S/c1-8-5-10(9(2)14)3-4-12(8)18-13-7-19(16,17)6-11(13)15/h3-5,11,13,15H,6-7H2,1-2H3. The van der Waals surface area contributed by atoms with E-state index in [4.69, 9.17) is 4.74 Å². The van der Waals surface area contributed by atoms with E-state index in [-0.39, 0.29) is 17.3 Å². The SMILES string of the molecule is CC(=O)c1ccc(OC2CS(=O)(=O)CC2O)c(C)c1. The van der Waals surface area contributed by atoms with Crippen LogP contribution in [0.1, 0.15) is 22.8 Å². The Morgan fingerprint density at radius 1 is 1.37 bits per heavy atom. The molecule has 1 aliphatic heterocycles. The van der Waals surface area contributed by atoms with E-state index in [9.17, 15) is 18.3 Å². The van der Waals surface area contributed by atoms with Crippen LogP contribution in [-0.4, -0.2) is 43.0 Å². The van der Waals surface area contributed by atoms with Crippen molar-refractivity contribution in [2.24, 2.45) is 0 Å². The molecule has 6 heteroatoms. The third kappa shape index (κ3) is 3.13. The van der Waals surface area contributed by atoms with Gasteiger partial charge in [0.15, 0.2) is 15.6 Å². The monoisotopic (exact) mass is 284 g/mol. The van der Waals surface area contributed by atoms with E-state index in [0.717, 1.165) is 5.56 Å². The van der Waals surface area contributed by atoms with Crippen molar-refractivity contribution in [1.82, 2.24) is 0 Å². The first kappa shape index (κ1) is 14.0. The van der Waals surface area contributed by atoms with Crippen molar-refractivity contribution >= 4 is 15.6 Å². The van der Waals surface area contributed by atoms with Gasteiger partial charge in [-0.2, -0.15) is 0 Å². The van der Waals surface area contributed by atoms with E-state index in [1.807, 2.05) is 0 Å². The molecule has 1 heterocycles. The molecule has 5 nitrogen and oxygen atoms in total. The number of sulfone groups is 1. The second kappa shape index (κ2) is 4.94. The number of hydrogen-bond donors (Lipinski definition) is 1. The highest BCUT2D eigenvalue weighted by molar-refractivity contribution is 7.91. The van der Waals surface area contributed by atoms with Gasteiger partial charge in [-0.1, -0.05) is 0 Å². The molecule has 19 heavy (non-hydrogen) atoms. The smallest absolute Gasteiger partial charge is 0.159 e. The normalized spacial score (nSPS) is 25.2. The fraction of sp³-hybridized carbons (Fsp3) is 0.462. The first-order valence-corrected chi connectivity index (χ1v) is 7.77. The van der Waals surface area contributed by atoms with Gasteiger partial charge in [0.2, 0.25) is 0 Å². The predicted octanol–water partition coefficient (Wildman–Crippen LogP) is 0.734. The van der Waals surface area contributed by atoms with E-state index < -0.39 is 22.0 Å². The number of Topliss-reactive ketones (excluding diaryl/α,β-unsaturated/α-hetero) is 1. The van der Waals surface area contributed by atoms with Gasteiger partial charge in [-0.25, -0.2) is 8.42 Å². The van der Waals surface area contributed by atoms with E-state index in [1.165, 1.54) is 6.92 Å². The van der Waals surface area contributed by atoms with Gasteiger partial charge in [0.1, 0.15) is 18.0 Å². The molecule has 1 aromatic rings. The van der Waals surface area contributed by atoms with Gasteiger partial charge < -0.3 is 9.84 Å². The molecule has 1 fully saturated rings. The maximum Gasteiger partial charge on any atom is 0.159 e. The number of aliphatic hydroxyl groups excluding tert-OH is 1. The van der Waals surface area contributed by atoms with Crippen LogP contribution < -0.4 is 4.74 Å². The lowest BCUT2D eigenvalue weighted by Gasteiger charge is -2.17. The molecule has 0 radical (unpaired) electrons. The van der Waals surface area contributed by atoms with Crippen molar-refractivity contribution in [3.63, 3.8) is 0 Å². The number of rotatable bonds is 3. The fourth-order valence-corrected chi connectivity index (χ4v) is 3.73. The Kier molecular flexibility index (Phi) is 3.64. The summed E-state index contributed by atoms with van der Waals surface area (Å²) in [7, 11) is -3.23. The first-order valence-electron chi connectivity index (χ1n) is 5.95. The van der Waals surface area contributed by atoms with E-state index in [0.29, 0.717) is 11.3 Å². The highest BCUT2D eigenvalue weighted by Gasteiger charge is 2.38. The first-order chi connectivity index (χ1) is 8.78. The van der Waals surface area contributed by atoms with Gasteiger partial charge in [0.25, 0.3) is 0 Å². The van der Waals surface area contributed by atoms with Gasteiger partial charge in [0, 0.05) is 5.56 Å². The lowest BCUT2D eigenvalue weighted by molar-refractivity contribution is 0.0733. The molecule has 2 rings (SSSR count). The molecule has 104 valence electrons. The third-order valence-electron chi connectivity index (χ3n) is 3.13. The molecule has 2 unspecified atom stereocenters.